The van der Waals surface area contributed by atoms with E-state index in [1.807, 2.05) is 12.3 Å². The lowest BCUT2D eigenvalue weighted by molar-refractivity contribution is 0.461. The summed E-state index contributed by atoms with van der Waals surface area (Å²) in [6.07, 6.45) is 4.73. The van der Waals surface area contributed by atoms with Crippen molar-refractivity contribution in [1.82, 2.24) is 10.3 Å². The second-order valence-electron chi connectivity index (χ2n) is 4.69. The fraction of sp³-hybridized carbons (Fsp3) is 0.615. The lowest BCUT2D eigenvalue weighted by atomic mass is 10.1. The highest BCUT2D eigenvalue weighted by Crippen LogP contribution is 2.36. The highest BCUT2D eigenvalue weighted by atomic mass is 14.9. The Labute approximate surface area is 92.1 Å². The molecular formula is C13H20N2. The van der Waals surface area contributed by atoms with Crippen molar-refractivity contribution in [2.45, 2.75) is 33.2 Å². The maximum absolute atomic E-state index is 4.28. The van der Waals surface area contributed by atoms with Crippen molar-refractivity contribution in [3.05, 3.63) is 29.6 Å². The van der Waals surface area contributed by atoms with Gasteiger partial charge in [-0.15, -0.1) is 0 Å². The molecule has 0 bridgehead atoms. The minimum absolute atomic E-state index is 0.835. The minimum atomic E-state index is 0.835. The van der Waals surface area contributed by atoms with Crippen LogP contribution in [-0.4, -0.2) is 11.5 Å². The van der Waals surface area contributed by atoms with Crippen molar-refractivity contribution in [3.63, 3.8) is 0 Å². The first-order valence-corrected chi connectivity index (χ1v) is 5.88. The van der Waals surface area contributed by atoms with Gasteiger partial charge in [0.05, 0.1) is 0 Å². The topological polar surface area (TPSA) is 24.9 Å². The summed E-state index contributed by atoms with van der Waals surface area (Å²) in [7, 11) is 0. The molecule has 0 aromatic carbocycles. The first kappa shape index (κ1) is 10.6. The number of hydrogen-bond donors (Lipinski definition) is 1. The quantitative estimate of drug-likeness (QED) is 0.797. The fourth-order valence-corrected chi connectivity index (χ4v) is 1.97. The van der Waals surface area contributed by atoms with Crippen molar-refractivity contribution in [2.24, 2.45) is 11.8 Å². The molecule has 1 aliphatic rings. The van der Waals surface area contributed by atoms with Crippen LogP contribution in [0.25, 0.3) is 0 Å². The van der Waals surface area contributed by atoms with Gasteiger partial charge < -0.3 is 5.32 Å². The van der Waals surface area contributed by atoms with Gasteiger partial charge in [0.1, 0.15) is 0 Å². The van der Waals surface area contributed by atoms with Crippen LogP contribution in [-0.2, 0) is 6.54 Å². The predicted molar refractivity (Wildman–Crippen MR) is 62.6 cm³/mol. The normalized spacial score (nSPS) is 17.7. The summed E-state index contributed by atoms with van der Waals surface area (Å²) in [5.41, 5.74) is 2.46. The van der Waals surface area contributed by atoms with E-state index in [1.165, 1.54) is 18.4 Å². The molecule has 1 heterocycles. The first-order chi connectivity index (χ1) is 7.27. The van der Waals surface area contributed by atoms with Gasteiger partial charge in [0.2, 0.25) is 0 Å². The van der Waals surface area contributed by atoms with Gasteiger partial charge in [0, 0.05) is 18.4 Å². The highest BCUT2D eigenvalue weighted by Gasteiger charge is 2.27. The van der Waals surface area contributed by atoms with E-state index in [4.69, 9.17) is 0 Å². The van der Waals surface area contributed by atoms with Crippen molar-refractivity contribution in [1.29, 1.82) is 0 Å². The van der Waals surface area contributed by atoms with Crippen molar-refractivity contribution < 1.29 is 0 Å². The molecule has 1 atom stereocenters. The first-order valence-electron chi connectivity index (χ1n) is 5.88. The third kappa shape index (κ3) is 3.03. The van der Waals surface area contributed by atoms with Crippen LogP contribution < -0.4 is 5.32 Å². The molecule has 1 fully saturated rings. The number of pyridine rings is 1. The predicted octanol–water partition coefficient (Wildman–Crippen LogP) is 2.53. The number of nitrogens with one attached hydrogen (secondary N) is 1. The average molecular weight is 204 g/mol. The zero-order valence-electron chi connectivity index (χ0n) is 9.66. The Balaban J connectivity index is 1.75. The number of rotatable bonds is 5. The molecule has 1 unspecified atom stereocenters. The molecule has 1 aromatic heterocycles. The largest absolute Gasteiger partial charge is 0.312 e. The summed E-state index contributed by atoms with van der Waals surface area (Å²) in [6, 6.07) is 4.16. The molecular weight excluding hydrogens is 184 g/mol. The summed E-state index contributed by atoms with van der Waals surface area (Å²) in [5, 5.41) is 3.52. The molecule has 0 spiro atoms. The molecule has 0 saturated heterocycles. The molecule has 2 rings (SSSR count). The maximum atomic E-state index is 4.28. The van der Waals surface area contributed by atoms with Gasteiger partial charge in [-0.05, 0) is 49.8 Å². The third-order valence-corrected chi connectivity index (χ3v) is 3.32. The minimum Gasteiger partial charge on any atom is -0.312 e. The summed E-state index contributed by atoms with van der Waals surface area (Å²) in [4.78, 5) is 4.28. The molecule has 0 amide bonds. The Hall–Kier alpha value is -0.890. The van der Waals surface area contributed by atoms with Gasteiger partial charge in [-0.25, -0.2) is 0 Å². The van der Waals surface area contributed by atoms with Crippen molar-refractivity contribution in [3.8, 4) is 0 Å². The molecule has 1 N–H and O–H groups in total. The molecule has 1 aliphatic carbocycles. The molecule has 1 aromatic rings. The lowest BCUT2D eigenvalue weighted by Gasteiger charge is -2.12. The third-order valence-electron chi connectivity index (χ3n) is 3.32. The van der Waals surface area contributed by atoms with E-state index >= 15 is 0 Å². The SMILES string of the molecule is Cc1ncccc1CNCC(C)C1CC1. The Morgan fingerprint density at radius 1 is 1.53 bits per heavy atom. The van der Waals surface area contributed by atoms with Gasteiger partial charge in [-0.3, -0.25) is 4.98 Å². The summed E-state index contributed by atoms with van der Waals surface area (Å²) in [5.74, 6) is 1.83. The lowest BCUT2D eigenvalue weighted by Crippen LogP contribution is -2.22. The second kappa shape index (κ2) is 4.75. The Morgan fingerprint density at radius 2 is 2.33 bits per heavy atom. The van der Waals surface area contributed by atoms with E-state index in [0.717, 1.165) is 30.6 Å². The van der Waals surface area contributed by atoms with Gasteiger partial charge in [0.15, 0.2) is 0 Å². The van der Waals surface area contributed by atoms with E-state index in [2.05, 4.69) is 30.2 Å². The zero-order chi connectivity index (χ0) is 10.7. The average Bonchev–Trinajstić information content (AvgIpc) is 3.04. The number of nitrogens with zero attached hydrogens (tertiary/aromatic N) is 1. The fourth-order valence-electron chi connectivity index (χ4n) is 1.97. The van der Waals surface area contributed by atoms with E-state index < -0.39 is 0 Å². The van der Waals surface area contributed by atoms with Crippen LogP contribution in [0.5, 0.6) is 0 Å². The molecule has 0 aliphatic heterocycles. The van der Waals surface area contributed by atoms with E-state index in [1.54, 1.807) is 0 Å². The van der Waals surface area contributed by atoms with Crippen LogP contribution in [0.3, 0.4) is 0 Å². The van der Waals surface area contributed by atoms with Gasteiger partial charge in [-0.2, -0.15) is 0 Å². The molecule has 2 nitrogen and oxygen atoms in total. The number of aryl methyl sites for hydroxylation is 1. The monoisotopic (exact) mass is 204 g/mol. The van der Waals surface area contributed by atoms with Crippen LogP contribution in [0.1, 0.15) is 31.0 Å². The van der Waals surface area contributed by atoms with Gasteiger partial charge in [0.25, 0.3) is 0 Å². The number of aromatic nitrogens is 1. The van der Waals surface area contributed by atoms with Crippen LogP contribution >= 0.6 is 0 Å². The summed E-state index contributed by atoms with van der Waals surface area (Å²) >= 11 is 0. The standard InChI is InChI=1S/C13H20N2/c1-10(12-5-6-12)8-14-9-13-4-3-7-15-11(13)2/h3-4,7,10,12,14H,5-6,8-9H2,1-2H3. The van der Waals surface area contributed by atoms with Crippen LogP contribution in [0.4, 0.5) is 0 Å². The molecule has 82 valence electrons. The Bertz CT molecular complexity index is 318. The highest BCUT2D eigenvalue weighted by molar-refractivity contribution is 5.17. The van der Waals surface area contributed by atoms with Gasteiger partial charge in [-0.1, -0.05) is 13.0 Å². The zero-order valence-corrected chi connectivity index (χ0v) is 9.66. The summed E-state index contributed by atoms with van der Waals surface area (Å²) < 4.78 is 0. The molecule has 1 saturated carbocycles. The van der Waals surface area contributed by atoms with Gasteiger partial charge >= 0.3 is 0 Å². The van der Waals surface area contributed by atoms with E-state index in [9.17, 15) is 0 Å². The van der Waals surface area contributed by atoms with Crippen LogP contribution in [0.2, 0.25) is 0 Å². The molecule has 0 radical (unpaired) electrons. The summed E-state index contributed by atoms with van der Waals surface area (Å²) in [6.45, 7) is 6.51. The van der Waals surface area contributed by atoms with E-state index in [-0.39, 0.29) is 0 Å². The maximum Gasteiger partial charge on any atom is 0.0417 e. The Morgan fingerprint density at radius 3 is 3.00 bits per heavy atom. The van der Waals surface area contributed by atoms with Crippen molar-refractivity contribution >= 4 is 0 Å². The van der Waals surface area contributed by atoms with Crippen molar-refractivity contribution in [2.75, 3.05) is 6.54 Å². The second-order valence-corrected chi connectivity index (χ2v) is 4.69. The number of hydrogen-bond acceptors (Lipinski definition) is 2. The van der Waals surface area contributed by atoms with Crippen LogP contribution in [0, 0.1) is 18.8 Å². The molecule has 15 heavy (non-hydrogen) atoms. The van der Waals surface area contributed by atoms with E-state index in [0.29, 0.717) is 0 Å². The Kier molecular flexibility index (Phi) is 3.37. The van der Waals surface area contributed by atoms with Crippen LogP contribution in [0.15, 0.2) is 18.3 Å². The smallest absolute Gasteiger partial charge is 0.0417 e. The molecule has 2 heteroatoms.